The summed E-state index contributed by atoms with van der Waals surface area (Å²) in [5.41, 5.74) is 23.7. The number of ether oxygens (including phenoxy) is 2. The number of hydrogen-bond donors (Lipinski definition) is 13. The summed E-state index contributed by atoms with van der Waals surface area (Å²) in [7, 11) is 1.16. The molecule has 0 saturated heterocycles. The van der Waals surface area contributed by atoms with Crippen LogP contribution in [-0.4, -0.2) is 139 Å². The highest BCUT2D eigenvalue weighted by Gasteiger charge is 2.33. The number of carbonyl (C=O) groups is 9. The smallest absolute Gasteiger partial charge is 0.408 e. The third-order valence-electron chi connectivity index (χ3n) is 11.0. The third-order valence-corrected chi connectivity index (χ3v) is 11.0. The van der Waals surface area contributed by atoms with Crippen molar-refractivity contribution in [1.29, 1.82) is 0 Å². The van der Waals surface area contributed by atoms with Gasteiger partial charge in [-0.05, 0) is 73.8 Å². The second kappa shape index (κ2) is 35.3. The van der Waals surface area contributed by atoms with E-state index in [9.17, 15) is 43.5 Å². The quantitative estimate of drug-likeness (QED) is 0.0172. The minimum Gasteiger partial charge on any atom is -0.508 e. The Kier molecular flexibility index (Phi) is 29.5. The lowest BCUT2D eigenvalue weighted by Gasteiger charge is -2.27. The van der Waals surface area contributed by atoms with Crippen molar-refractivity contribution in [1.82, 2.24) is 37.2 Å². The van der Waals surface area contributed by atoms with E-state index in [1.165, 1.54) is 19.1 Å². The largest absolute Gasteiger partial charge is 0.508 e. The molecule has 0 aromatic heterocycles. The number of phenolic OH excluding ortho intramolecular Hbond substituents is 1. The Morgan fingerprint density at radius 1 is 0.564 bits per heavy atom. The predicted octanol–water partition coefficient (Wildman–Crippen LogP) is -0.550. The van der Waals surface area contributed by atoms with Gasteiger partial charge in [0.2, 0.25) is 35.4 Å². The number of rotatable bonds is 30. The molecule has 0 heterocycles. The first-order valence-corrected chi connectivity index (χ1v) is 24.9. The Morgan fingerprint density at radius 3 is 1.54 bits per heavy atom. The van der Waals surface area contributed by atoms with Crippen LogP contribution in [0.4, 0.5) is 4.79 Å². The van der Waals surface area contributed by atoms with Gasteiger partial charge >= 0.3 is 12.1 Å². The van der Waals surface area contributed by atoms with Crippen LogP contribution < -0.4 is 60.2 Å². The van der Waals surface area contributed by atoms with Gasteiger partial charge < -0.3 is 79.8 Å². The molecule has 3 aromatic rings. The van der Waals surface area contributed by atoms with Crippen molar-refractivity contribution in [2.75, 3.05) is 26.7 Å². The minimum atomic E-state index is -1.28. The normalized spacial score (nSPS) is 12.8. The van der Waals surface area contributed by atoms with Crippen LogP contribution in [-0.2, 0) is 67.3 Å². The van der Waals surface area contributed by atoms with E-state index in [4.69, 9.17) is 42.3 Å². The second-order valence-corrected chi connectivity index (χ2v) is 18.1. The number of esters is 1. The molecule has 3 aromatic carbocycles. The molecule has 0 aliphatic rings. The zero-order chi connectivity index (χ0) is 58.2. The number of guanidine groups is 2. The Balaban J connectivity index is 0.00000501. The van der Waals surface area contributed by atoms with Gasteiger partial charge in [0, 0.05) is 32.9 Å². The molecular formula is C52H75N13O13. The van der Waals surface area contributed by atoms with Gasteiger partial charge in [-0.25, -0.2) is 9.59 Å². The lowest BCUT2D eigenvalue weighted by molar-refractivity contribution is -0.145. The molecule has 0 unspecified atom stereocenters. The zero-order valence-corrected chi connectivity index (χ0v) is 44.5. The number of carboxylic acids is 1. The number of methoxy groups -OCH3 is 1. The summed E-state index contributed by atoms with van der Waals surface area (Å²) in [5.74, 6) is -6.62. The van der Waals surface area contributed by atoms with Gasteiger partial charge in [0.05, 0.1) is 13.7 Å². The number of alkyl carbamates (subject to hydrolysis) is 1. The summed E-state index contributed by atoms with van der Waals surface area (Å²) >= 11 is 0. The molecule has 3 rings (SSSR count). The van der Waals surface area contributed by atoms with E-state index in [0.29, 0.717) is 23.1 Å². The van der Waals surface area contributed by atoms with Gasteiger partial charge in [-0.1, -0.05) is 86.6 Å². The van der Waals surface area contributed by atoms with E-state index in [-0.39, 0.29) is 81.8 Å². The van der Waals surface area contributed by atoms with Crippen molar-refractivity contribution in [3.63, 3.8) is 0 Å². The van der Waals surface area contributed by atoms with E-state index >= 15 is 0 Å². The number of carbonyl (C=O) groups excluding carboxylic acids is 8. The molecule has 0 aliphatic carbocycles. The van der Waals surface area contributed by atoms with Crippen LogP contribution in [0.15, 0.2) is 94.9 Å². The zero-order valence-electron chi connectivity index (χ0n) is 44.5. The Bertz CT molecular complexity index is 2470. The fraction of sp³-hybridized carbons (Fsp3) is 0.442. The van der Waals surface area contributed by atoms with Crippen molar-refractivity contribution in [3.8, 4) is 5.75 Å². The van der Waals surface area contributed by atoms with Gasteiger partial charge in [0.25, 0.3) is 5.97 Å². The van der Waals surface area contributed by atoms with E-state index in [1.807, 2.05) is 19.9 Å². The number of nitrogens with two attached hydrogens (primary N) is 4. The Morgan fingerprint density at radius 2 is 1.01 bits per heavy atom. The molecule has 0 fully saturated rings. The first kappa shape index (κ1) is 65.1. The Hall–Kier alpha value is -8.97. The average molecular weight is 1090 g/mol. The predicted molar refractivity (Wildman–Crippen MR) is 288 cm³/mol. The SMILES string of the molecule is CC(=O)O.COC(=O)[C@H](CCCN=C(N)N)NC(=O)[C@H](CCCN=C(N)N)NC(=O)[C@H](CC(C)C)NC(=O)[C@H](Cc1ccccc1)NC(=O)CNC(=O)[C@@H](C)NC(=O)[C@H](Cc1ccc(O)cc1)NC(=O)OCc1ccccc1. The summed E-state index contributed by atoms with van der Waals surface area (Å²) in [6.07, 6.45) is -0.234. The molecule has 26 heteroatoms. The van der Waals surface area contributed by atoms with Gasteiger partial charge in [0.15, 0.2) is 11.9 Å². The number of aliphatic imine (C=N–C) groups is 2. The highest BCUT2D eigenvalue weighted by molar-refractivity contribution is 5.96. The molecule has 0 saturated carbocycles. The standard InChI is InChI=1S/C50H71N13O11.C2H4O2/c1-30(2)25-38(45(69)60-36(17-11-23-55-48(51)52)43(67)61-37(47(71)73-4)18-12-24-56-49(53)54)62-46(70)39(26-32-13-7-5-8-14-32)59-41(65)28-57-42(66)31(3)58-44(68)40(27-33-19-21-35(64)22-20-33)63-50(72)74-29-34-15-9-6-10-16-34;1-2(3)4/h5-10,13-16,19-22,30-31,36-40,64H,11-12,17-18,23-29H2,1-4H3,(H,57,66)(H,58,68)(H,59,65)(H,60,69)(H,61,67)(H,62,70)(H,63,72)(H4,51,52,55)(H4,53,54,56);1H3,(H,3,4)/t31-,36+,37+,38+,39+,40+;/m1./s1. The van der Waals surface area contributed by atoms with Crippen LogP contribution in [0.3, 0.4) is 0 Å². The third kappa shape index (κ3) is 27.5. The molecule has 0 radical (unpaired) electrons. The maximum Gasteiger partial charge on any atom is 0.408 e. The lowest BCUT2D eigenvalue weighted by Crippen LogP contribution is -2.59. The number of aromatic hydroxyl groups is 1. The maximum atomic E-state index is 14.2. The van der Waals surface area contributed by atoms with E-state index in [0.717, 1.165) is 14.0 Å². The minimum absolute atomic E-state index is 0.00607. The van der Waals surface area contributed by atoms with E-state index < -0.39 is 96.3 Å². The van der Waals surface area contributed by atoms with E-state index in [1.54, 1.807) is 66.7 Å². The molecule has 0 aliphatic heterocycles. The monoisotopic (exact) mass is 1090 g/mol. The molecular weight excluding hydrogens is 1010 g/mol. The van der Waals surface area contributed by atoms with Gasteiger partial charge in [-0.2, -0.15) is 0 Å². The molecule has 78 heavy (non-hydrogen) atoms. The lowest BCUT2D eigenvalue weighted by atomic mass is 10.00. The maximum absolute atomic E-state index is 14.2. The molecule has 17 N–H and O–H groups in total. The summed E-state index contributed by atoms with van der Waals surface area (Å²) in [6, 6.07) is 16.2. The molecule has 26 nitrogen and oxygen atoms in total. The molecule has 0 spiro atoms. The number of hydrogen-bond acceptors (Lipinski definition) is 14. The van der Waals surface area contributed by atoms with Crippen LogP contribution in [0.25, 0.3) is 0 Å². The van der Waals surface area contributed by atoms with Crippen molar-refractivity contribution in [3.05, 3.63) is 102 Å². The van der Waals surface area contributed by atoms with Crippen LogP contribution >= 0.6 is 0 Å². The molecule has 426 valence electrons. The number of carboxylic acid groups (broad SMARTS) is 1. The summed E-state index contributed by atoms with van der Waals surface area (Å²) < 4.78 is 10.2. The topological polar surface area (TPSA) is 426 Å². The van der Waals surface area contributed by atoms with Crippen LogP contribution in [0.2, 0.25) is 0 Å². The number of phenols is 1. The fourth-order valence-corrected chi connectivity index (χ4v) is 7.18. The van der Waals surface area contributed by atoms with Crippen LogP contribution in [0.1, 0.15) is 76.5 Å². The highest BCUT2D eigenvalue weighted by Crippen LogP contribution is 2.14. The first-order chi connectivity index (χ1) is 37.0. The second-order valence-electron chi connectivity index (χ2n) is 18.1. The fourth-order valence-electron chi connectivity index (χ4n) is 7.18. The Labute approximate surface area is 452 Å². The van der Waals surface area contributed by atoms with Gasteiger partial charge in [0.1, 0.15) is 48.6 Å². The summed E-state index contributed by atoms with van der Waals surface area (Å²) in [5, 5.41) is 35.4. The molecule has 0 bridgehead atoms. The van der Waals surface area contributed by atoms with Crippen molar-refractivity contribution in [2.24, 2.45) is 38.8 Å². The first-order valence-electron chi connectivity index (χ1n) is 24.9. The van der Waals surface area contributed by atoms with E-state index in [2.05, 4.69) is 47.2 Å². The number of benzene rings is 3. The molecule has 7 amide bonds. The number of amides is 7. The van der Waals surface area contributed by atoms with Crippen molar-refractivity contribution in [2.45, 2.75) is 115 Å². The average Bonchev–Trinajstić information content (AvgIpc) is 3.38. The van der Waals surface area contributed by atoms with Gasteiger partial charge in [-0.3, -0.25) is 43.5 Å². The summed E-state index contributed by atoms with van der Waals surface area (Å²) in [4.78, 5) is 125. The number of nitrogens with zero attached hydrogens (tertiary/aromatic N) is 2. The van der Waals surface area contributed by atoms with Gasteiger partial charge in [-0.15, -0.1) is 0 Å². The number of nitrogens with one attached hydrogen (secondary N) is 7. The number of aliphatic carboxylic acids is 1. The van der Waals surface area contributed by atoms with Crippen LogP contribution in [0.5, 0.6) is 5.75 Å². The van der Waals surface area contributed by atoms with Crippen molar-refractivity contribution < 1.29 is 62.8 Å². The van der Waals surface area contributed by atoms with Crippen molar-refractivity contribution >= 4 is 65.4 Å². The highest BCUT2D eigenvalue weighted by atomic mass is 16.5. The molecule has 6 atom stereocenters. The van der Waals surface area contributed by atoms with Crippen LogP contribution in [0, 0.1) is 5.92 Å². The summed E-state index contributed by atoms with van der Waals surface area (Å²) in [6.45, 7) is 5.66.